The largest absolute Gasteiger partial charge is 0.396 e. The third-order valence-corrected chi connectivity index (χ3v) is 3.57. The second-order valence-electron chi connectivity index (χ2n) is 4.68. The van der Waals surface area contributed by atoms with E-state index >= 15 is 0 Å². The molecule has 3 N–H and O–H groups in total. The van der Waals surface area contributed by atoms with Gasteiger partial charge in [0.05, 0.1) is 12.0 Å². The number of piperidine rings is 1. The minimum atomic E-state index is 0.577. The van der Waals surface area contributed by atoms with Crippen LogP contribution in [0.15, 0.2) is 30.9 Å². The van der Waals surface area contributed by atoms with Crippen LogP contribution in [0.4, 0.5) is 11.5 Å². The third-order valence-electron chi connectivity index (χ3n) is 3.57. The van der Waals surface area contributed by atoms with E-state index in [0.717, 1.165) is 37.4 Å². The van der Waals surface area contributed by atoms with E-state index in [2.05, 4.69) is 19.9 Å². The van der Waals surface area contributed by atoms with Gasteiger partial charge in [-0.25, -0.2) is 9.97 Å². The van der Waals surface area contributed by atoms with Gasteiger partial charge in [0.25, 0.3) is 0 Å². The fraction of sp³-hybridized carbons (Fsp3) is 0.385. The molecule has 5 nitrogen and oxygen atoms in total. The number of nitrogens with one attached hydrogen (secondary N) is 1. The summed E-state index contributed by atoms with van der Waals surface area (Å²) >= 11 is 0. The van der Waals surface area contributed by atoms with Crippen molar-refractivity contribution in [1.82, 2.24) is 15.0 Å². The number of nitrogens with zero attached hydrogens (tertiary/aromatic N) is 3. The van der Waals surface area contributed by atoms with Crippen molar-refractivity contribution < 1.29 is 0 Å². The standard InChI is InChI=1S/C13H17N5/c14-11-2-1-5-16-13(11)18-6-3-10(4-7-18)12-8-15-9-17-12/h1-2,5,8-10H,3-4,6-7,14H2,(H,15,17). The van der Waals surface area contributed by atoms with E-state index in [0.29, 0.717) is 5.92 Å². The molecule has 5 heteroatoms. The van der Waals surface area contributed by atoms with Crippen LogP contribution in [-0.2, 0) is 0 Å². The minimum Gasteiger partial charge on any atom is -0.396 e. The van der Waals surface area contributed by atoms with E-state index < -0.39 is 0 Å². The molecule has 0 spiro atoms. The highest BCUT2D eigenvalue weighted by molar-refractivity contribution is 5.62. The first-order chi connectivity index (χ1) is 8.84. The number of hydrogen-bond donors (Lipinski definition) is 2. The fourth-order valence-electron chi connectivity index (χ4n) is 2.57. The zero-order valence-electron chi connectivity index (χ0n) is 10.2. The molecular weight excluding hydrogens is 226 g/mol. The molecule has 0 amide bonds. The Balaban J connectivity index is 1.69. The first-order valence-electron chi connectivity index (χ1n) is 6.28. The number of nitrogens with two attached hydrogens (primary N) is 1. The lowest BCUT2D eigenvalue weighted by Gasteiger charge is -2.32. The maximum absolute atomic E-state index is 5.96. The van der Waals surface area contributed by atoms with Crippen LogP contribution in [0.5, 0.6) is 0 Å². The summed E-state index contributed by atoms with van der Waals surface area (Å²) in [4.78, 5) is 13.9. The van der Waals surface area contributed by atoms with Crippen LogP contribution in [0.1, 0.15) is 24.5 Å². The number of pyridine rings is 1. The molecule has 1 aliphatic rings. The lowest BCUT2D eigenvalue weighted by molar-refractivity contribution is 0.495. The number of imidazole rings is 1. The topological polar surface area (TPSA) is 70.8 Å². The Morgan fingerprint density at radius 1 is 1.33 bits per heavy atom. The number of anilines is 2. The molecular formula is C13H17N5. The Kier molecular flexibility index (Phi) is 2.88. The number of rotatable bonds is 2. The Morgan fingerprint density at radius 2 is 2.17 bits per heavy atom. The lowest BCUT2D eigenvalue weighted by Crippen LogP contribution is -2.34. The monoisotopic (exact) mass is 243 g/mol. The molecule has 0 aliphatic carbocycles. The number of aromatic amines is 1. The Morgan fingerprint density at radius 3 is 2.83 bits per heavy atom. The van der Waals surface area contributed by atoms with E-state index in [4.69, 9.17) is 5.73 Å². The molecule has 18 heavy (non-hydrogen) atoms. The first-order valence-corrected chi connectivity index (χ1v) is 6.28. The van der Waals surface area contributed by atoms with Gasteiger partial charge >= 0.3 is 0 Å². The van der Waals surface area contributed by atoms with Crippen LogP contribution in [0.2, 0.25) is 0 Å². The van der Waals surface area contributed by atoms with Crippen LogP contribution < -0.4 is 10.6 Å². The van der Waals surface area contributed by atoms with Crippen molar-refractivity contribution in [2.45, 2.75) is 18.8 Å². The smallest absolute Gasteiger partial charge is 0.151 e. The van der Waals surface area contributed by atoms with Gasteiger partial charge in [-0.05, 0) is 25.0 Å². The summed E-state index contributed by atoms with van der Waals surface area (Å²) in [7, 11) is 0. The summed E-state index contributed by atoms with van der Waals surface area (Å²) in [5.41, 5.74) is 7.96. The highest BCUT2D eigenvalue weighted by Gasteiger charge is 2.23. The zero-order valence-corrected chi connectivity index (χ0v) is 10.2. The number of H-pyrrole nitrogens is 1. The van der Waals surface area contributed by atoms with Gasteiger partial charge in [0, 0.05) is 37.1 Å². The van der Waals surface area contributed by atoms with Gasteiger partial charge in [-0.1, -0.05) is 0 Å². The molecule has 0 radical (unpaired) electrons. The van der Waals surface area contributed by atoms with Gasteiger partial charge in [0.2, 0.25) is 0 Å². The van der Waals surface area contributed by atoms with Crippen LogP contribution in [0, 0.1) is 0 Å². The fourth-order valence-corrected chi connectivity index (χ4v) is 2.57. The van der Waals surface area contributed by atoms with Gasteiger partial charge in [0.1, 0.15) is 0 Å². The summed E-state index contributed by atoms with van der Waals surface area (Å²) in [6.45, 7) is 1.98. The molecule has 3 heterocycles. The third kappa shape index (κ3) is 2.03. The summed E-state index contributed by atoms with van der Waals surface area (Å²) in [6, 6.07) is 3.78. The summed E-state index contributed by atoms with van der Waals surface area (Å²) < 4.78 is 0. The van der Waals surface area contributed by atoms with Gasteiger partial charge in [-0.3, -0.25) is 0 Å². The number of hydrogen-bond acceptors (Lipinski definition) is 4. The molecule has 0 aromatic carbocycles. The number of aromatic nitrogens is 3. The van der Waals surface area contributed by atoms with Crippen molar-refractivity contribution in [2.75, 3.05) is 23.7 Å². The zero-order chi connectivity index (χ0) is 12.4. The average Bonchev–Trinajstić information content (AvgIpc) is 2.94. The predicted octanol–water partition coefficient (Wildman–Crippen LogP) is 1.77. The van der Waals surface area contributed by atoms with Crippen molar-refractivity contribution in [1.29, 1.82) is 0 Å². The number of nitrogen functional groups attached to an aromatic ring is 1. The van der Waals surface area contributed by atoms with E-state index in [-0.39, 0.29) is 0 Å². The quantitative estimate of drug-likeness (QED) is 0.843. The molecule has 94 valence electrons. The van der Waals surface area contributed by atoms with Crippen LogP contribution in [0.3, 0.4) is 0 Å². The Bertz CT molecular complexity index is 500. The SMILES string of the molecule is Nc1cccnc1N1CCC(c2cnc[nH]2)CC1. The highest BCUT2D eigenvalue weighted by Crippen LogP contribution is 2.30. The van der Waals surface area contributed by atoms with E-state index in [1.807, 2.05) is 18.3 Å². The van der Waals surface area contributed by atoms with Crippen molar-refractivity contribution in [3.8, 4) is 0 Å². The van der Waals surface area contributed by atoms with Gasteiger partial charge < -0.3 is 15.6 Å². The van der Waals surface area contributed by atoms with Gasteiger partial charge in [-0.15, -0.1) is 0 Å². The molecule has 0 atom stereocenters. The lowest BCUT2D eigenvalue weighted by atomic mass is 9.94. The molecule has 1 saturated heterocycles. The second kappa shape index (κ2) is 4.68. The molecule has 0 unspecified atom stereocenters. The molecule has 2 aromatic heterocycles. The second-order valence-corrected chi connectivity index (χ2v) is 4.68. The first kappa shape index (κ1) is 11.1. The van der Waals surface area contributed by atoms with Crippen molar-refractivity contribution in [3.63, 3.8) is 0 Å². The maximum atomic E-state index is 5.96. The summed E-state index contributed by atoms with van der Waals surface area (Å²) in [5, 5.41) is 0. The normalized spacial score (nSPS) is 17.0. The molecule has 0 saturated carbocycles. The average molecular weight is 243 g/mol. The van der Waals surface area contributed by atoms with Crippen LogP contribution in [0.25, 0.3) is 0 Å². The van der Waals surface area contributed by atoms with Crippen LogP contribution in [-0.4, -0.2) is 28.0 Å². The molecule has 3 rings (SSSR count). The van der Waals surface area contributed by atoms with Crippen molar-refractivity contribution in [3.05, 3.63) is 36.5 Å². The molecule has 0 bridgehead atoms. The van der Waals surface area contributed by atoms with Crippen LogP contribution >= 0.6 is 0 Å². The minimum absolute atomic E-state index is 0.577. The Hall–Kier alpha value is -2.04. The summed E-state index contributed by atoms with van der Waals surface area (Å²) in [5.74, 6) is 1.49. The van der Waals surface area contributed by atoms with Gasteiger partial charge in [0.15, 0.2) is 5.82 Å². The molecule has 2 aromatic rings. The predicted molar refractivity (Wildman–Crippen MR) is 71.4 cm³/mol. The summed E-state index contributed by atoms with van der Waals surface area (Å²) in [6.07, 6.45) is 7.69. The molecule has 1 fully saturated rings. The van der Waals surface area contributed by atoms with Crippen molar-refractivity contribution in [2.24, 2.45) is 0 Å². The maximum Gasteiger partial charge on any atom is 0.151 e. The van der Waals surface area contributed by atoms with E-state index in [1.54, 1.807) is 12.5 Å². The Labute approximate surface area is 106 Å². The highest BCUT2D eigenvalue weighted by atomic mass is 15.2. The van der Waals surface area contributed by atoms with E-state index in [9.17, 15) is 0 Å². The van der Waals surface area contributed by atoms with E-state index in [1.165, 1.54) is 5.69 Å². The van der Waals surface area contributed by atoms with Crippen molar-refractivity contribution >= 4 is 11.5 Å². The molecule has 1 aliphatic heterocycles. The van der Waals surface area contributed by atoms with Gasteiger partial charge in [-0.2, -0.15) is 0 Å².